The number of likely N-dealkylation sites (tertiary alicyclic amines) is 1. The fourth-order valence-corrected chi connectivity index (χ4v) is 8.29. The van der Waals surface area contributed by atoms with Crippen molar-refractivity contribution in [1.29, 1.82) is 0 Å². The molecule has 3 saturated carbocycles. The van der Waals surface area contributed by atoms with Crippen LogP contribution in [0.1, 0.15) is 64.9 Å². The number of aryl methyl sites for hydroxylation is 1. The normalized spacial score (nSPS) is 31.5. The van der Waals surface area contributed by atoms with Crippen molar-refractivity contribution < 1.29 is 33.5 Å². The van der Waals surface area contributed by atoms with Gasteiger partial charge >= 0.3 is 13.1 Å². The van der Waals surface area contributed by atoms with Crippen LogP contribution >= 0.6 is 0 Å². The number of aliphatic hydroxyl groups excluding tert-OH is 1. The number of urea groups is 1. The molecule has 0 unspecified atom stereocenters. The van der Waals surface area contributed by atoms with E-state index in [4.69, 9.17) is 14.0 Å². The van der Waals surface area contributed by atoms with Crippen LogP contribution in [0.3, 0.4) is 0 Å². The average Bonchev–Trinajstić information content (AvgIpc) is 3.63. The molecule has 7 rings (SSSR count). The summed E-state index contributed by atoms with van der Waals surface area (Å²) in [6.45, 7) is 9.18. The first-order chi connectivity index (χ1) is 21.5. The van der Waals surface area contributed by atoms with E-state index < -0.39 is 42.7 Å². The van der Waals surface area contributed by atoms with Crippen LogP contribution < -0.4 is 10.6 Å². The summed E-state index contributed by atoms with van der Waals surface area (Å²) in [5.41, 5.74) is 0.976. The number of ether oxygens (including phenoxy) is 1. The highest BCUT2D eigenvalue weighted by molar-refractivity contribution is 6.48. The lowest BCUT2D eigenvalue weighted by molar-refractivity contribution is -0.199. The number of amides is 4. The zero-order chi connectivity index (χ0) is 31.8. The number of nitrogens with zero attached hydrogens (tertiary/aromatic N) is 2. The molecule has 4 amide bonds. The van der Waals surface area contributed by atoms with Crippen molar-refractivity contribution in [2.75, 3.05) is 39.4 Å². The zero-order valence-corrected chi connectivity index (χ0v) is 26.9. The second kappa shape index (κ2) is 13.2. The largest absolute Gasteiger partial charge is 0.481 e. The zero-order valence-electron chi connectivity index (χ0n) is 26.9. The summed E-state index contributed by atoms with van der Waals surface area (Å²) in [7, 11) is -0.630. The van der Waals surface area contributed by atoms with Gasteiger partial charge in [-0.15, -0.1) is 0 Å². The van der Waals surface area contributed by atoms with Crippen LogP contribution in [-0.2, 0) is 30.1 Å². The second-order valence-electron chi connectivity index (χ2n) is 14.4. The molecule has 3 saturated heterocycles. The van der Waals surface area contributed by atoms with E-state index in [2.05, 4.69) is 43.5 Å². The van der Waals surface area contributed by atoms with Crippen molar-refractivity contribution in [3.8, 4) is 0 Å². The van der Waals surface area contributed by atoms with Crippen molar-refractivity contribution in [3.63, 3.8) is 0 Å². The summed E-state index contributed by atoms with van der Waals surface area (Å²) < 4.78 is 18.8. The summed E-state index contributed by atoms with van der Waals surface area (Å²) in [6.07, 6.45) is 4.00. The number of benzene rings is 1. The lowest BCUT2D eigenvalue weighted by atomic mass is 9.43. The maximum Gasteiger partial charge on any atom is 0.481 e. The Balaban J connectivity index is 1.18. The van der Waals surface area contributed by atoms with Gasteiger partial charge in [0.2, 0.25) is 11.8 Å². The smallest absolute Gasteiger partial charge is 0.404 e. The minimum atomic E-state index is -1.09. The summed E-state index contributed by atoms with van der Waals surface area (Å²) >= 11 is 0. The summed E-state index contributed by atoms with van der Waals surface area (Å²) in [5.74, 6) is -0.131. The standard InChI is InChI=1S/C33H49BN4O7/c1-32(2)23-18-26(32)33(3)27(19-23)44-34(45-33)28(11-7-10-22-8-5-4-6-9-22)36-30(41)25(20-29(40)37-14-16-43-17-15-37)35-31(42)38-13-12-24(39)21-38/h4-6,8-9,23-28,39H,7,10-21H2,1-3H3,(H,35,42)(H,36,41)/t23-,24-,25+,26-,27+,28-,33-/m0/s1. The van der Waals surface area contributed by atoms with E-state index in [9.17, 15) is 19.5 Å². The second-order valence-corrected chi connectivity index (χ2v) is 14.4. The van der Waals surface area contributed by atoms with Crippen molar-refractivity contribution in [1.82, 2.24) is 20.4 Å². The molecule has 246 valence electrons. The predicted molar refractivity (Wildman–Crippen MR) is 168 cm³/mol. The highest BCUT2D eigenvalue weighted by Crippen LogP contribution is 2.65. The number of carbonyl (C=O) groups excluding carboxylic acids is 3. The first kappa shape index (κ1) is 32.3. The van der Waals surface area contributed by atoms with Gasteiger partial charge in [0.05, 0.1) is 43.4 Å². The first-order valence-corrected chi connectivity index (χ1v) is 16.8. The van der Waals surface area contributed by atoms with Gasteiger partial charge in [-0.1, -0.05) is 44.2 Å². The molecule has 0 aromatic heterocycles. The first-order valence-electron chi connectivity index (χ1n) is 16.8. The lowest BCUT2D eigenvalue weighted by Crippen LogP contribution is -2.65. The minimum absolute atomic E-state index is 0.0345. The Labute approximate surface area is 266 Å². The monoisotopic (exact) mass is 624 g/mol. The number of hydrogen-bond donors (Lipinski definition) is 3. The Morgan fingerprint density at radius 2 is 1.80 bits per heavy atom. The summed E-state index contributed by atoms with van der Waals surface area (Å²) in [4.78, 5) is 43.7. The van der Waals surface area contributed by atoms with Gasteiger partial charge in [0.1, 0.15) is 6.04 Å². The molecule has 0 spiro atoms. The van der Waals surface area contributed by atoms with Crippen LogP contribution in [0.2, 0.25) is 0 Å². The number of carbonyl (C=O) groups is 3. The molecule has 6 aliphatic rings. The molecule has 2 bridgehead atoms. The third kappa shape index (κ3) is 6.75. The number of hydrogen-bond acceptors (Lipinski definition) is 7. The van der Waals surface area contributed by atoms with Crippen LogP contribution in [0.4, 0.5) is 4.79 Å². The van der Waals surface area contributed by atoms with Gasteiger partial charge in [0, 0.05) is 26.2 Å². The van der Waals surface area contributed by atoms with Crippen molar-refractivity contribution in [3.05, 3.63) is 35.9 Å². The molecular weight excluding hydrogens is 575 g/mol. The molecule has 3 aliphatic carbocycles. The van der Waals surface area contributed by atoms with E-state index in [1.807, 2.05) is 18.2 Å². The minimum Gasteiger partial charge on any atom is -0.404 e. The molecule has 1 aromatic carbocycles. The van der Waals surface area contributed by atoms with Crippen molar-refractivity contribution in [2.45, 2.75) is 95.5 Å². The van der Waals surface area contributed by atoms with Gasteiger partial charge in [-0.2, -0.15) is 0 Å². The average molecular weight is 625 g/mol. The number of aliphatic hydroxyl groups is 1. The predicted octanol–water partition coefficient (Wildman–Crippen LogP) is 2.16. The number of morpholine rings is 1. The molecule has 3 N–H and O–H groups in total. The third-order valence-electron chi connectivity index (χ3n) is 11.3. The SMILES string of the molecule is CC1(C)[C@@H]2C[C@H]3OB([C@H](CCCc4ccccc4)NC(=O)[C@@H](CC(=O)N4CCOCC4)NC(=O)N4CC[C@H](O)C4)O[C@@]3(C)[C@H]1C2. The van der Waals surface area contributed by atoms with Crippen LogP contribution in [-0.4, -0.2) is 109 Å². The van der Waals surface area contributed by atoms with Gasteiger partial charge in [-0.25, -0.2) is 4.79 Å². The Morgan fingerprint density at radius 1 is 1.04 bits per heavy atom. The highest BCUT2D eigenvalue weighted by Gasteiger charge is 2.68. The maximum absolute atomic E-state index is 14.0. The molecule has 3 aliphatic heterocycles. The van der Waals surface area contributed by atoms with Gasteiger partial charge in [-0.05, 0) is 68.3 Å². The molecule has 45 heavy (non-hydrogen) atoms. The quantitative estimate of drug-likeness (QED) is 0.341. The van der Waals surface area contributed by atoms with Gasteiger partial charge in [-0.3, -0.25) is 9.59 Å². The molecule has 0 radical (unpaired) electrons. The number of rotatable bonds is 10. The van der Waals surface area contributed by atoms with Crippen molar-refractivity contribution in [2.24, 2.45) is 17.3 Å². The van der Waals surface area contributed by atoms with Crippen LogP contribution in [0, 0.1) is 17.3 Å². The molecule has 7 atom stereocenters. The van der Waals surface area contributed by atoms with Gasteiger partial charge in [0.25, 0.3) is 0 Å². The van der Waals surface area contributed by atoms with Crippen molar-refractivity contribution >= 4 is 25.0 Å². The van der Waals surface area contributed by atoms with E-state index in [0.29, 0.717) is 57.5 Å². The number of nitrogens with one attached hydrogen (secondary N) is 2. The molecule has 11 nitrogen and oxygen atoms in total. The third-order valence-corrected chi connectivity index (χ3v) is 11.3. The molecule has 6 fully saturated rings. The highest BCUT2D eigenvalue weighted by atomic mass is 16.7. The lowest BCUT2D eigenvalue weighted by Gasteiger charge is -2.64. The molecule has 3 heterocycles. The molecular formula is C33H49BN4O7. The molecule has 1 aromatic rings. The fraction of sp³-hybridized carbons (Fsp3) is 0.727. The Hall–Kier alpha value is -2.67. The fourth-order valence-electron chi connectivity index (χ4n) is 8.29. The van der Waals surface area contributed by atoms with E-state index in [1.165, 1.54) is 10.5 Å². The van der Waals surface area contributed by atoms with E-state index in [-0.39, 0.29) is 30.4 Å². The topological polar surface area (TPSA) is 130 Å². The van der Waals surface area contributed by atoms with E-state index in [1.54, 1.807) is 4.90 Å². The Bertz CT molecular complexity index is 1210. The number of β-amino-alcohol motifs (C(OH)–C–C–N with tert-alkyl or cyclic N) is 1. The van der Waals surface area contributed by atoms with Gasteiger partial charge in [0.15, 0.2) is 0 Å². The van der Waals surface area contributed by atoms with Gasteiger partial charge < -0.3 is 39.6 Å². The van der Waals surface area contributed by atoms with Crippen LogP contribution in [0.15, 0.2) is 30.3 Å². The maximum atomic E-state index is 14.0. The Morgan fingerprint density at radius 3 is 2.49 bits per heavy atom. The molecule has 12 heteroatoms. The van der Waals surface area contributed by atoms with E-state index in [0.717, 1.165) is 25.7 Å². The van der Waals surface area contributed by atoms with Crippen LogP contribution in [0.5, 0.6) is 0 Å². The Kier molecular flexibility index (Phi) is 9.48. The summed E-state index contributed by atoms with van der Waals surface area (Å²) in [6, 6.07) is 8.68. The summed E-state index contributed by atoms with van der Waals surface area (Å²) in [5, 5.41) is 16.0. The van der Waals surface area contributed by atoms with E-state index >= 15 is 0 Å². The van der Waals surface area contributed by atoms with Crippen LogP contribution in [0.25, 0.3) is 0 Å².